The number of rotatable bonds is 5. The second-order valence-corrected chi connectivity index (χ2v) is 10.2. The number of aromatic nitrogens is 3. The summed E-state index contributed by atoms with van der Waals surface area (Å²) in [6.45, 7) is 7.40. The molecule has 2 aromatic carbocycles. The van der Waals surface area contributed by atoms with Gasteiger partial charge in [-0.05, 0) is 59.4 Å². The first-order chi connectivity index (χ1) is 16.5. The third kappa shape index (κ3) is 3.43. The van der Waals surface area contributed by atoms with Gasteiger partial charge >= 0.3 is 0 Å². The Labute approximate surface area is 201 Å². The van der Waals surface area contributed by atoms with Crippen LogP contribution in [0.25, 0.3) is 11.0 Å². The molecule has 2 unspecified atom stereocenters. The maximum Gasteiger partial charge on any atom is 0.260 e. The first kappa shape index (κ1) is 21.1. The molecule has 180 valence electrons. The molecule has 1 N–H and O–H groups in total. The number of likely N-dealkylation sites (tertiary alicyclic amines) is 2. The summed E-state index contributed by atoms with van der Waals surface area (Å²) in [5.41, 5.74) is 3.24. The van der Waals surface area contributed by atoms with Gasteiger partial charge in [0, 0.05) is 34.6 Å². The molecule has 0 spiro atoms. The van der Waals surface area contributed by atoms with E-state index in [4.69, 9.17) is 4.74 Å². The van der Waals surface area contributed by atoms with Gasteiger partial charge in [0.05, 0.1) is 0 Å². The fourth-order valence-corrected chi connectivity index (χ4v) is 6.22. The smallest absolute Gasteiger partial charge is 0.260 e. The van der Waals surface area contributed by atoms with Gasteiger partial charge in [0.15, 0.2) is 6.61 Å². The molecule has 8 nitrogen and oxygen atoms in total. The number of carbonyl (C=O) groups excluding carboxylic acids is 2. The van der Waals surface area contributed by atoms with Gasteiger partial charge in [0.25, 0.3) is 11.8 Å². The van der Waals surface area contributed by atoms with Crippen molar-refractivity contribution in [2.75, 3.05) is 32.8 Å². The van der Waals surface area contributed by atoms with Gasteiger partial charge in [-0.1, -0.05) is 32.0 Å². The Morgan fingerprint density at radius 2 is 1.62 bits per heavy atom. The lowest BCUT2D eigenvalue weighted by molar-refractivity contribution is -0.132. The highest BCUT2D eigenvalue weighted by Crippen LogP contribution is 2.54. The number of H-pyrrole nitrogens is 1. The van der Waals surface area contributed by atoms with Crippen LogP contribution in [0.15, 0.2) is 42.5 Å². The Balaban J connectivity index is 0.00000152. The molecular weight excluding hydrogens is 430 g/mol. The van der Waals surface area contributed by atoms with Crippen molar-refractivity contribution in [1.82, 2.24) is 25.2 Å². The van der Waals surface area contributed by atoms with Crippen LogP contribution < -0.4 is 4.74 Å². The lowest BCUT2D eigenvalue weighted by Gasteiger charge is -2.42. The second kappa shape index (κ2) is 8.11. The number of nitrogens with zero attached hydrogens (tertiary/aromatic N) is 4. The SMILES string of the molecule is CC(C)c1ccccc1OCC(=O)N1CC2C(C1)[C@@H]1CN(C(=O)c3ccc4n[nH]nc4c3)C[C@H]21.[HH].[HH]. The van der Waals surface area contributed by atoms with Crippen molar-refractivity contribution in [3.8, 4) is 5.75 Å². The highest BCUT2D eigenvalue weighted by atomic mass is 16.5. The van der Waals surface area contributed by atoms with Crippen LogP contribution in [0.1, 0.15) is 38.5 Å². The number of amides is 2. The van der Waals surface area contributed by atoms with E-state index in [0.717, 1.165) is 43.0 Å². The molecule has 2 amide bonds. The van der Waals surface area contributed by atoms with E-state index in [2.05, 4.69) is 35.3 Å². The Morgan fingerprint density at radius 1 is 0.971 bits per heavy atom. The third-order valence-corrected chi connectivity index (χ3v) is 8.02. The van der Waals surface area contributed by atoms with Crippen molar-refractivity contribution < 1.29 is 17.2 Å². The van der Waals surface area contributed by atoms with E-state index in [0.29, 0.717) is 40.7 Å². The maximum atomic E-state index is 13.1. The molecule has 1 saturated carbocycles. The van der Waals surface area contributed by atoms with Gasteiger partial charge in [0.1, 0.15) is 16.8 Å². The number of ether oxygens (including phenoxy) is 1. The molecule has 2 saturated heterocycles. The number of aromatic amines is 1. The van der Waals surface area contributed by atoms with Crippen molar-refractivity contribution in [2.24, 2.45) is 23.7 Å². The molecule has 1 aliphatic carbocycles. The van der Waals surface area contributed by atoms with Crippen molar-refractivity contribution in [3.63, 3.8) is 0 Å². The first-order valence-electron chi connectivity index (χ1n) is 12.1. The minimum absolute atomic E-state index is 0. The van der Waals surface area contributed by atoms with Crippen LogP contribution in [0.5, 0.6) is 5.75 Å². The Bertz CT molecular complexity index is 1250. The van der Waals surface area contributed by atoms with Gasteiger partial charge in [-0.25, -0.2) is 0 Å². The predicted octanol–water partition coefficient (Wildman–Crippen LogP) is 3.43. The molecule has 0 radical (unpaired) electrons. The van der Waals surface area contributed by atoms with E-state index < -0.39 is 0 Å². The molecule has 3 aromatic rings. The summed E-state index contributed by atoms with van der Waals surface area (Å²) in [6.07, 6.45) is 0. The zero-order valence-electron chi connectivity index (χ0n) is 19.5. The lowest BCUT2D eigenvalue weighted by Crippen LogP contribution is -2.44. The fraction of sp³-hybridized carbons (Fsp3) is 0.462. The molecule has 3 heterocycles. The van der Waals surface area contributed by atoms with Crippen LogP contribution in [0, 0.1) is 23.7 Å². The number of hydrogen-bond acceptors (Lipinski definition) is 5. The first-order valence-corrected chi connectivity index (χ1v) is 12.1. The van der Waals surface area contributed by atoms with Crippen LogP contribution >= 0.6 is 0 Å². The summed E-state index contributed by atoms with van der Waals surface area (Å²) in [4.78, 5) is 30.0. The predicted molar refractivity (Wildman–Crippen MR) is 131 cm³/mol. The van der Waals surface area contributed by atoms with Gasteiger partial charge in [0.2, 0.25) is 0 Å². The molecule has 0 bridgehead atoms. The Hall–Kier alpha value is -3.42. The largest absolute Gasteiger partial charge is 0.483 e. The number of para-hydroxylation sites is 1. The number of hydrogen-bond donors (Lipinski definition) is 1. The highest BCUT2D eigenvalue weighted by Gasteiger charge is 2.59. The maximum absolute atomic E-state index is 13.1. The number of fused-ring (bicyclic) bond motifs is 5. The zero-order valence-corrected chi connectivity index (χ0v) is 19.5. The van der Waals surface area contributed by atoms with Crippen LogP contribution in [0.3, 0.4) is 0 Å². The Morgan fingerprint density at radius 3 is 2.32 bits per heavy atom. The van der Waals surface area contributed by atoms with Gasteiger partial charge < -0.3 is 14.5 Å². The topological polar surface area (TPSA) is 91.4 Å². The molecule has 34 heavy (non-hydrogen) atoms. The number of nitrogens with one attached hydrogen (secondary N) is 1. The number of benzene rings is 2. The molecule has 3 fully saturated rings. The summed E-state index contributed by atoms with van der Waals surface area (Å²) < 4.78 is 5.92. The van der Waals surface area contributed by atoms with Gasteiger partial charge in [-0.15, -0.1) is 0 Å². The summed E-state index contributed by atoms with van der Waals surface area (Å²) in [6, 6.07) is 13.4. The highest BCUT2D eigenvalue weighted by molar-refractivity contribution is 5.97. The zero-order chi connectivity index (χ0) is 23.4. The second-order valence-electron chi connectivity index (χ2n) is 10.2. The molecule has 1 aromatic heterocycles. The molecule has 8 heteroatoms. The van der Waals surface area contributed by atoms with Crippen molar-refractivity contribution in [2.45, 2.75) is 19.8 Å². The summed E-state index contributed by atoms with van der Waals surface area (Å²) >= 11 is 0. The molecule has 4 atom stereocenters. The Kier molecular flexibility index (Phi) is 5.04. The standard InChI is InChI=1S/C26H29N5O3.2H2/c1-15(2)17-5-3-4-6-24(17)34-14-25(32)30-10-18-19(11-30)21-13-31(12-20(18)21)26(33)16-7-8-22-23(9-16)28-29-27-22;;/h3-9,15,18-21H,10-14H2,1-2H3,(H,27,28,29);2*1H/t18?,19?,20-,21+;;. The average Bonchev–Trinajstić information content (AvgIpc) is 3.56. The monoisotopic (exact) mass is 463 g/mol. The summed E-state index contributed by atoms with van der Waals surface area (Å²) in [5, 5.41) is 10.7. The van der Waals surface area contributed by atoms with E-state index >= 15 is 0 Å². The minimum atomic E-state index is 0. The summed E-state index contributed by atoms with van der Waals surface area (Å²) in [5.74, 6) is 3.16. The van der Waals surface area contributed by atoms with Crippen LogP contribution in [-0.2, 0) is 4.79 Å². The van der Waals surface area contributed by atoms with E-state index in [-0.39, 0.29) is 21.3 Å². The van der Waals surface area contributed by atoms with E-state index in [1.807, 2.05) is 40.1 Å². The number of carbonyl (C=O) groups is 2. The van der Waals surface area contributed by atoms with Crippen molar-refractivity contribution in [3.05, 3.63) is 53.6 Å². The normalized spacial score (nSPS) is 25.4. The van der Waals surface area contributed by atoms with E-state index in [1.165, 1.54) is 0 Å². The van der Waals surface area contributed by atoms with Crippen LogP contribution in [0.2, 0.25) is 0 Å². The average molecular weight is 464 g/mol. The van der Waals surface area contributed by atoms with Crippen molar-refractivity contribution in [1.29, 1.82) is 0 Å². The van der Waals surface area contributed by atoms with E-state index in [9.17, 15) is 9.59 Å². The minimum Gasteiger partial charge on any atom is -0.483 e. The van der Waals surface area contributed by atoms with E-state index in [1.54, 1.807) is 6.07 Å². The summed E-state index contributed by atoms with van der Waals surface area (Å²) in [7, 11) is 0. The van der Waals surface area contributed by atoms with Gasteiger partial charge in [-0.2, -0.15) is 15.4 Å². The fourth-order valence-electron chi connectivity index (χ4n) is 6.22. The quantitative estimate of drug-likeness (QED) is 0.626. The molecule has 6 rings (SSSR count). The molecule has 2 aliphatic heterocycles. The molecule has 3 aliphatic rings. The van der Waals surface area contributed by atoms with Crippen LogP contribution in [-0.4, -0.2) is 69.8 Å². The van der Waals surface area contributed by atoms with Gasteiger partial charge in [-0.3, -0.25) is 9.59 Å². The lowest BCUT2D eigenvalue weighted by atomic mass is 9.60. The van der Waals surface area contributed by atoms with Crippen LogP contribution in [0.4, 0.5) is 0 Å². The third-order valence-electron chi connectivity index (χ3n) is 8.02. The van der Waals surface area contributed by atoms with Crippen molar-refractivity contribution >= 4 is 22.8 Å². The molecular formula is C26H33N5O3.